The number of anilines is 1. The molecule has 3 aromatic carbocycles. The third kappa shape index (κ3) is 3.98. The van der Waals surface area contributed by atoms with Crippen LogP contribution >= 0.6 is 11.3 Å². The molecule has 0 spiro atoms. The Labute approximate surface area is 207 Å². The number of fused-ring (bicyclic) bond motifs is 1. The van der Waals surface area contributed by atoms with Crippen LogP contribution in [0.1, 0.15) is 35.2 Å². The number of aryl methyl sites for hydroxylation is 2. The number of amides is 1. The van der Waals surface area contributed by atoms with Gasteiger partial charge in [0.2, 0.25) is 0 Å². The van der Waals surface area contributed by atoms with Crippen LogP contribution in [-0.4, -0.2) is 28.4 Å². The van der Waals surface area contributed by atoms with Gasteiger partial charge >= 0.3 is 5.91 Å². The molecule has 35 heavy (non-hydrogen) atoms. The molecule has 0 saturated carbocycles. The summed E-state index contributed by atoms with van der Waals surface area (Å²) in [6.07, 6.45) is 0. The van der Waals surface area contributed by atoms with Crippen molar-refractivity contribution in [3.63, 3.8) is 0 Å². The van der Waals surface area contributed by atoms with E-state index in [0.717, 1.165) is 21.3 Å². The van der Waals surface area contributed by atoms with E-state index in [2.05, 4.69) is 0 Å². The lowest BCUT2D eigenvalue weighted by Crippen LogP contribution is -2.29. The second-order valence-electron chi connectivity index (χ2n) is 8.46. The van der Waals surface area contributed by atoms with Crippen molar-refractivity contribution in [3.05, 3.63) is 94.6 Å². The van der Waals surface area contributed by atoms with Crippen LogP contribution in [0.25, 0.3) is 16.0 Å². The van der Waals surface area contributed by atoms with E-state index < -0.39 is 17.7 Å². The molecule has 5 rings (SSSR count). The molecule has 1 fully saturated rings. The van der Waals surface area contributed by atoms with Crippen molar-refractivity contribution >= 4 is 44.1 Å². The number of thiazole rings is 1. The van der Waals surface area contributed by atoms with Gasteiger partial charge in [-0.1, -0.05) is 59.9 Å². The van der Waals surface area contributed by atoms with Gasteiger partial charge < -0.3 is 9.84 Å². The fourth-order valence-electron chi connectivity index (χ4n) is 4.47. The van der Waals surface area contributed by atoms with Crippen molar-refractivity contribution in [2.75, 3.05) is 11.5 Å². The molecule has 7 heteroatoms. The number of rotatable bonds is 5. The maximum atomic E-state index is 13.4. The van der Waals surface area contributed by atoms with E-state index >= 15 is 0 Å². The summed E-state index contributed by atoms with van der Waals surface area (Å²) in [6.45, 7) is 6.42. The number of carbonyl (C=O) groups excluding carboxylic acids is 2. The molecule has 6 nitrogen and oxygen atoms in total. The lowest BCUT2D eigenvalue weighted by Gasteiger charge is -2.23. The smallest absolute Gasteiger partial charge is 0.301 e. The molecule has 1 aromatic heterocycles. The van der Waals surface area contributed by atoms with Gasteiger partial charge in [0.15, 0.2) is 5.13 Å². The zero-order valence-electron chi connectivity index (χ0n) is 19.6. The highest BCUT2D eigenvalue weighted by Crippen LogP contribution is 2.45. The van der Waals surface area contributed by atoms with E-state index in [1.54, 1.807) is 36.4 Å². The summed E-state index contributed by atoms with van der Waals surface area (Å²) in [6, 6.07) is 19.3. The molecule has 1 N–H and O–H groups in total. The zero-order valence-corrected chi connectivity index (χ0v) is 20.4. The summed E-state index contributed by atoms with van der Waals surface area (Å²) in [5, 5.41) is 11.6. The molecule has 1 atom stereocenters. The summed E-state index contributed by atoms with van der Waals surface area (Å²) < 4.78 is 6.50. The second-order valence-corrected chi connectivity index (χ2v) is 9.47. The highest BCUT2D eigenvalue weighted by Gasteiger charge is 2.48. The minimum atomic E-state index is -0.826. The number of aromatic nitrogens is 1. The molecule has 0 unspecified atom stereocenters. The largest absolute Gasteiger partial charge is 0.507 e. The van der Waals surface area contributed by atoms with Gasteiger partial charge in [-0.3, -0.25) is 14.5 Å². The van der Waals surface area contributed by atoms with E-state index in [9.17, 15) is 14.7 Å². The fourth-order valence-corrected chi connectivity index (χ4v) is 5.64. The Balaban J connectivity index is 1.71. The SMILES string of the molecule is CCOc1ccc([C@@H]2C(=C(O)c3ccccc3)C(=O)C(=O)N2c2nc3c(C)cc(C)cc3s2)cc1. The summed E-state index contributed by atoms with van der Waals surface area (Å²) in [4.78, 5) is 32.9. The Hall–Kier alpha value is -3.97. The van der Waals surface area contributed by atoms with Gasteiger partial charge in [0.25, 0.3) is 5.78 Å². The number of aliphatic hydroxyl groups is 1. The summed E-state index contributed by atoms with van der Waals surface area (Å²) in [5.41, 5.74) is 4.08. The molecule has 1 saturated heterocycles. The van der Waals surface area contributed by atoms with E-state index in [0.29, 0.717) is 28.6 Å². The normalized spacial score (nSPS) is 17.3. The first-order chi connectivity index (χ1) is 16.9. The Morgan fingerprint density at radius 3 is 2.46 bits per heavy atom. The third-order valence-corrected chi connectivity index (χ3v) is 7.02. The van der Waals surface area contributed by atoms with Crippen LogP contribution < -0.4 is 9.64 Å². The van der Waals surface area contributed by atoms with Crippen LogP contribution in [-0.2, 0) is 9.59 Å². The van der Waals surface area contributed by atoms with E-state index in [-0.39, 0.29) is 11.3 Å². The Morgan fingerprint density at radius 1 is 1.06 bits per heavy atom. The van der Waals surface area contributed by atoms with E-state index in [1.807, 2.05) is 51.1 Å². The van der Waals surface area contributed by atoms with Crippen LogP contribution in [0.5, 0.6) is 5.75 Å². The first kappa shape index (κ1) is 22.8. The van der Waals surface area contributed by atoms with Gasteiger partial charge in [0, 0.05) is 5.56 Å². The molecule has 1 aliphatic rings. The highest BCUT2D eigenvalue weighted by atomic mass is 32.1. The molecule has 1 aliphatic heterocycles. The second kappa shape index (κ2) is 9.00. The van der Waals surface area contributed by atoms with Crippen molar-refractivity contribution in [3.8, 4) is 5.75 Å². The number of ether oxygens (including phenoxy) is 1. The lowest BCUT2D eigenvalue weighted by atomic mass is 9.95. The maximum absolute atomic E-state index is 13.4. The first-order valence-electron chi connectivity index (χ1n) is 11.4. The van der Waals surface area contributed by atoms with Crippen LogP contribution in [0.3, 0.4) is 0 Å². The Morgan fingerprint density at radius 2 is 1.77 bits per heavy atom. The molecule has 0 aliphatic carbocycles. The minimum Gasteiger partial charge on any atom is -0.507 e. The van der Waals surface area contributed by atoms with Crippen molar-refractivity contribution < 1.29 is 19.4 Å². The van der Waals surface area contributed by atoms with Gasteiger partial charge in [0.05, 0.1) is 28.4 Å². The van der Waals surface area contributed by atoms with E-state index in [1.165, 1.54) is 16.2 Å². The number of hydrogen-bond donors (Lipinski definition) is 1. The average Bonchev–Trinajstić information content (AvgIpc) is 3.39. The first-order valence-corrected chi connectivity index (χ1v) is 12.2. The Kier molecular flexibility index (Phi) is 5.86. The van der Waals surface area contributed by atoms with Gasteiger partial charge in [-0.05, 0) is 55.7 Å². The number of Topliss-reactive ketones (excluding diaryl/α,β-unsaturated/α-hetero) is 1. The van der Waals surface area contributed by atoms with E-state index in [4.69, 9.17) is 9.72 Å². The lowest BCUT2D eigenvalue weighted by molar-refractivity contribution is -0.132. The molecule has 0 radical (unpaired) electrons. The molecule has 0 bridgehead atoms. The van der Waals surface area contributed by atoms with Gasteiger partial charge in [-0.25, -0.2) is 4.98 Å². The molecule has 4 aromatic rings. The van der Waals surface area contributed by atoms with Crippen molar-refractivity contribution in [2.45, 2.75) is 26.8 Å². The number of aliphatic hydroxyl groups excluding tert-OH is 1. The molecular formula is C28H24N2O4S. The van der Waals surface area contributed by atoms with Crippen molar-refractivity contribution in [1.29, 1.82) is 0 Å². The van der Waals surface area contributed by atoms with Crippen LogP contribution in [0.2, 0.25) is 0 Å². The van der Waals surface area contributed by atoms with Crippen molar-refractivity contribution in [2.24, 2.45) is 0 Å². The number of benzene rings is 3. The van der Waals surface area contributed by atoms with Gasteiger partial charge in [-0.15, -0.1) is 0 Å². The maximum Gasteiger partial charge on any atom is 0.301 e. The molecular weight excluding hydrogens is 460 g/mol. The molecule has 2 heterocycles. The van der Waals surface area contributed by atoms with Gasteiger partial charge in [0.1, 0.15) is 11.5 Å². The molecule has 1 amide bonds. The molecule has 176 valence electrons. The fraction of sp³-hybridized carbons (Fsp3) is 0.179. The number of hydrogen-bond acceptors (Lipinski definition) is 6. The van der Waals surface area contributed by atoms with Crippen LogP contribution in [0, 0.1) is 13.8 Å². The summed E-state index contributed by atoms with van der Waals surface area (Å²) in [7, 11) is 0. The third-order valence-electron chi connectivity index (χ3n) is 6.02. The zero-order chi connectivity index (χ0) is 24.7. The van der Waals surface area contributed by atoms with Crippen LogP contribution in [0.15, 0.2) is 72.3 Å². The topological polar surface area (TPSA) is 79.7 Å². The quantitative estimate of drug-likeness (QED) is 0.215. The van der Waals surface area contributed by atoms with Crippen LogP contribution in [0.4, 0.5) is 5.13 Å². The summed E-state index contributed by atoms with van der Waals surface area (Å²) >= 11 is 1.36. The Bertz CT molecular complexity index is 1470. The standard InChI is InChI=1S/C28H24N2O4S/c1-4-34-20-12-10-18(11-13-20)24-22(25(31)19-8-6-5-7-9-19)26(32)27(33)30(24)28-29-23-17(3)14-16(2)15-21(23)35-28/h5-15,24,31H,4H2,1-3H3/t24-/m1/s1. The predicted molar refractivity (Wildman–Crippen MR) is 138 cm³/mol. The van der Waals surface area contributed by atoms with Gasteiger partial charge in [-0.2, -0.15) is 0 Å². The number of nitrogens with zero attached hydrogens (tertiary/aromatic N) is 2. The monoisotopic (exact) mass is 484 g/mol. The number of ketones is 1. The number of carbonyl (C=O) groups is 2. The predicted octanol–water partition coefficient (Wildman–Crippen LogP) is 5.94. The summed E-state index contributed by atoms with van der Waals surface area (Å²) in [5.74, 6) is -0.979. The minimum absolute atomic E-state index is 0.0394. The van der Waals surface area contributed by atoms with Crippen molar-refractivity contribution in [1.82, 2.24) is 4.98 Å². The highest BCUT2D eigenvalue weighted by molar-refractivity contribution is 7.22. The average molecular weight is 485 g/mol.